The highest BCUT2D eigenvalue weighted by atomic mass is 16.6. The summed E-state index contributed by atoms with van der Waals surface area (Å²) in [6.45, 7) is 2.88. The van der Waals surface area contributed by atoms with Crippen LogP contribution >= 0.6 is 0 Å². The second-order valence-corrected chi connectivity index (χ2v) is 6.12. The first-order valence-electron chi connectivity index (χ1n) is 7.76. The van der Waals surface area contributed by atoms with Gasteiger partial charge in [-0.25, -0.2) is 9.59 Å². The molecule has 0 bridgehead atoms. The van der Waals surface area contributed by atoms with E-state index in [1.54, 1.807) is 0 Å². The van der Waals surface area contributed by atoms with Gasteiger partial charge in [0.25, 0.3) is 0 Å². The number of aliphatic hydroxyl groups is 1. The number of cyclic esters (lactones) is 1. The van der Waals surface area contributed by atoms with Crippen molar-refractivity contribution >= 4 is 18.2 Å². The van der Waals surface area contributed by atoms with Gasteiger partial charge in [-0.1, -0.05) is 0 Å². The van der Waals surface area contributed by atoms with Crippen molar-refractivity contribution in [3.8, 4) is 28.7 Å². The molecule has 0 aliphatic carbocycles. The number of aldehydes is 1. The highest BCUT2D eigenvalue weighted by Gasteiger charge is 2.42. The molecule has 0 amide bonds. The molecule has 0 unspecified atom stereocenters. The lowest BCUT2D eigenvalue weighted by Crippen LogP contribution is -2.11. The summed E-state index contributed by atoms with van der Waals surface area (Å²) in [4.78, 5) is 36.0. The van der Waals surface area contributed by atoms with E-state index in [1.807, 2.05) is 0 Å². The molecule has 4 rings (SSSR count). The normalized spacial score (nSPS) is 17.1. The van der Waals surface area contributed by atoms with Gasteiger partial charge in [0.2, 0.25) is 6.29 Å². The topological polar surface area (TPSA) is 140 Å². The Morgan fingerprint density at radius 2 is 1.70 bits per heavy atom. The molecule has 0 radical (unpaired) electrons. The first-order valence-corrected chi connectivity index (χ1v) is 7.76. The maximum Gasteiger partial charge on any atom is 0.347 e. The Balaban J connectivity index is 2.10. The van der Waals surface area contributed by atoms with Crippen molar-refractivity contribution in [3.05, 3.63) is 39.4 Å². The largest absolute Gasteiger partial charge is 0.507 e. The standard InChI is InChI=1S/C18H12O9/c1-5-3-8(20)7(4-19)14-9(5)16(22)26-13-6(2)12(21)10-11(15(13)25-14)18(24)27-17(10)23/h3-4,18,20-21,24H,1-2H3/t18-/m0/s1. The summed E-state index contributed by atoms with van der Waals surface area (Å²) in [6, 6.07) is 1.21. The van der Waals surface area contributed by atoms with Crippen LogP contribution in [-0.4, -0.2) is 33.5 Å². The zero-order valence-electron chi connectivity index (χ0n) is 14.0. The van der Waals surface area contributed by atoms with Crippen molar-refractivity contribution in [1.82, 2.24) is 0 Å². The molecule has 2 aromatic rings. The van der Waals surface area contributed by atoms with E-state index in [0.717, 1.165) is 0 Å². The Kier molecular flexibility index (Phi) is 3.40. The summed E-state index contributed by atoms with van der Waals surface area (Å²) in [5.41, 5.74) is -0.708. The smallest absolute Gasteiger partial charge is 0.347 e. The molecule has 2 aromatic carbocycles. The van der Waals surface area contributed by atoms with Crippen molar-refractivity contribution in [3.63, 3.8) is 0 Å². The fourth-order valence-electron chi connectivity index (χ4n) is 3.22. The van der Waals surface area contributed by atoms with Crippen LogP contribution in [0.4, 0.5) is 0 Å². The van der Waals surface area contributed by atoms with Gasteiger partial charge in [-0.2, -0.15) is 0 Å². The number of hydrogen-bond donors (Lipinski definition) is 3. The molecule has 2 aliphatic rings. The molecule has 1 atom stereocenters. The molecule has 9 nitrogen and oxygen atoms in total. The lowest BCUT2D eigenvalue weighted by Gasteiger charge is -2.16. The first-order chi connectivity index (χ1) is 12.8. The molecule has 27 heavy (non-hydrogen) atoms. The summed E-state index contributed by atoms with van der Waals surface area (Å²) in [5.74, 6) is -3.61. The average molecular weight is 372 g/mol. The monoisotopic (exact) mass is 372 g/mol. The van der Waals surface area contributed by atoms with E-state index in [0.29, 0.717) is 6.29 Å². The number of fused-ring (bicyclic) bond motifs is 4. The molecule has 0 fully saturated rings. The Morgan fingerprint density at radius 3 is 2.37 bits per heavy atom. The van der Waals surface area contributed by atoms with Gasteiger partial charge < -0.3 is 29.5 Å². The Bertz CT molecular complexity index is 1070. The fourth-order valence-corrected chi connectivity index (χ4v) is 3.22. The van der Waals surface area contributed by atoms with Crippen LogP contribution in [0.25, 0.3) is 0 Å². The van der Waals surface area contributed by atoms with Crippen LogP contribution in [0.1, 0.15) is 54.1 Å². The molecule has 0 aromatic heterocycles. The van der Waals surface area contributed by atoms with Gasteiger partial charge in [0.1, 0.15) is 22.6 Å². The van der Waals surface area contributed by atoms with E-state index in [-0.39, 0.29) is 50.6 Å². The molecular formula is C18H12O9. The Labute approximate surface area is 151 Å². The highest BCUT2D eigenvalue weighted by Crippen LogP contribution is 2.53. The quantitative estimate of drug-likeness (QED) is 0.389. The molecule has 2 aliphatic heterocycles. The number of rotatable bonds is 1. The zero-order chi connectivity index (χ0) is 19.6. The minimum Gasteiger partial charge on any atom is -0.507 e. The molecule has 2 heterocycles. The third kappa shape index (κ3) is 2.12. The number of aryl methyl sites for hydroxylation is 1. The number of aliphatic hydroxyl groups excluding tert-OH is 1. The van der Waals surface area contributed by atoms with Crippen molar-refractivity contribution in [2.45, 2.75) is 20.1 Å². The van der Waals surface area contributed by atoms with Gasteiger partial charge in [0.05, 0.1) is 11.1 Å². The Hall–Kier alpha value is -3.59. The highest BCUT2D eigenvalue weighted by molar-refractivity contribution is 6.03. The molecule has 0 spiro atoms. The number of phenols is 2. The van der Waals surface area contributed by atoms with Crippen molar-refractivity contribution < 1.29 is 43.9 Å². The van der Waals surface area contributed by atoms with Gasteiger partial charge in [-0.15, -0.1) is 0 Å². The number of benzene rings is 2. The van der Waals surface area contributed by atoms with Crippen LogP contribution in [0.5, 0.6) is 28.7 Å². The Morgan fingerprint density at radius 1 is 1.00 bits per heavy atom. The maximum atomic E-state index is 12.6. The van der Waals surface area contributed by atoms with E-state index in [9.17, 15) is 29.7 Å². The SMILES string of the molecule is Cc1cc(O)c(C=O)c2c1C(=O)Oc1c(C)c(O)c3c(c1O2)[C@@H](O)OC3=O. The van der Waals surface area contributed by atoms with Gasteiger partial charge in [0.15, 0.2) is 23.5 Å². The average Bonchev–Trinajstić information content (AvgIpc) is 2.79. The van der Waals surface area contributed by atoms with Crippen LogP contribution in [0, 0.1) is 13.8 Å². The number of phenolic OH excluding ortho intramolecular Hbond substituents is 2. The number of carbonyl (C=O) groups excluding carboxylic acids is 3. The minimum atomic E-state index is -1.77. The lowest BCUT2D eigenvalue weighted by atomic mass is 10.0. The molecular weight excluding hydrogens is 360 g/mol. The van der Waals surface area contributed by atoms with E-state index in [4.69, 9.17) is 14.2 Å². The van der Waals surface area contributed by atoms with E-state index in [1.165, 1.54) is 19.9 Å². The second-order valence-electron chi connectivity index (χ2n) is 6.12. The van der Waals surface area contributed by atoms with Crippen LogP contribution < -0.4 is 9.47 Å². The zero-order valence-corrected chi connectivity index (χ0v) is 14.0. The first kappa shape index (κ1) is 16.9. The number of hydrogen-bond acceptors (Lipinski definition) is 9. The van der Waals surface area contributed by atoms with Crippen molar-refractivity contribution in [1.29, 1.82) is 0 Å². The number of carbonyl (C=O) groups is 3. The molecule has 0 saturated carbocycles. The summed E-state index contributed by atoms with van der Waals surface area (Å²) >= 11 is 0. The van der Waals surface area contributed by atoms with E-state index < -0.39 is 29.7 Å². The van der Waals surface area contributed by atoms with Crippen LogP contribution in [0.2, 0.25) is 0 Å². The van der Waals surface area contributed by atoms with Gasteiger partial charge in [0, 0.05) is 5.56 Å². The summed E-state index contributed by atoms with van der Waals surface area (Å²) < 4.78 is 15.7. The summed E-state index contributed by atoms with van der Waals surface area (Å²) in [5, 5.41) is 30.4. The lowest BCUT2D eigenvalue weighted by molar-refractivity contribution is -0.0555. The predicted octanol–water partition coefficient (Wildman–Crippen LogP) is 2.01. The van der Waals surface area contributed by atoms with Gasteiger partial charge in [-0.3, -0.25) is 4.79 Å². The maximum absolute atomic E-state index is 12.6. The fraction of sp³-hybridized carbons (Fsp3) is 0.167. The number of esters is 2. The van der Waals surface area contributed by atoms with Gasteiger partial charge in [-0.05, 0) is 25.5 Å². The van der Waals surface area contributed by atoms with Crippen LogP contribution in [0.3, 0.4) is 0 Å². The van der Waals surface area contributed by atoms with E-state index >= 15 is 0 Å². The minimum absolute atomic E-state index is 0.00508. The van der Waals surface area contributed by atoms with Crippen molar-refractivity contribution in [2.75, 3.05) is 0 Å². The summed E-state index contributed by atoms with van der Waals surface area (Å²) in [6.07, 6.45) is -1.47. The number of ether oxygens (including phenoxy) is 3. The third-order valence-electron chi connectivity index (χ3n) is 4.54. The molecule has 138 valence electrons. The molecule has 3 N–H and O–H groups in total. The summed E-state index contributed by atoms with van der Waals surface area (Å²) in [7, 11) is 0. The predicted molar refractivity (Wildman–Crippen MR) is 86.5 cm³/mol. The second kappa shape index (κ2) is 5.45. The van der Waals surface area contributed by atoms with E-state index in [2.05, 4.69) is 0 Å². The van der Waals surface area contributed by atoms with Crippen LogP contribution in [-0.2, 0) is 4.74 Å². The van der Waals surface area contributed by atoms with Gasteiger partial charge >= 0.3 is 11.9 Å². The molecule has 9 heteroatoms. The number of aromatic hydroxyl groups is 2. The van der Waals surface area contributed by atoms with Crippen molar-refractivity contribution in [2.24, 2.45) is 0 Å². The third-order valence-corrected chi connectivity index (χ3v) is 4.54. The molecule has 0 saturated heterocycles. The van der Waals surface area contributed by atoms with Crippen LogP contribution in [0.15, 0.2) is 6.07 Å².